The predicted octanol–water partition coefficient (Wildman–Crippen LogP) is 5.08. The van der Waals surface area contributed by atoms with Gasteiger partial charge in [0.15, 0.2) is 5.78 Å². The van der Waals surface area contributed by atoms with E-state index >= 15 is 0 Å². The summed E-state index contributed by atoms with van der Waals surface area (Å²) in [5.74, 6) is 0.826. The summed E-state index contributed by atoms with van der Waals surface area (Å²) >= 11 is 2.05. The molecule has 0 amide bonds. The first-order chi connectivity index (χ1) is 12.9. The van der Waals surface area contributed by atoms with E-state index < -0.39 is 6.10 Å². The Labute approximate surface area is 171 Å². The molecule has 6 heteroatoms. The summed E-state index contributed by atoms with van der Waals surface area (Å²) < 4.78 is 12.1. The number of phenolic OH excluding ortho intramolecular Hbond substituents is 2. The molecule has 142 valence electrons. The van der Waals surface area contributed by atoms with Gasteiger partial charge >= 0.3 is 0 Å². The molecule has 5 nitrogen and oxygen atoms in total. The molecule has 0 bridgehead atoms. The molecule has 1 aliphatic heterocycles. The van der Waals surface area contributed by atoms with E-state index in [0.29, 0.717) is 33.7 Å². The zero-order chi connectivity index (χ0) is 19.6. The molecule has 0 fully saturated rings. The number of allylic oxidation sites excluding steroid dienone is 2. The summed E-state index contributed by atoms with van der Waals surface area (Å²) in [6.07, 6.45) is 2.12. The number of Topliss-reactive ketones (excluding diaryl/α,β-unsaturated/α-hetero) is 1. The van der Waals surface area contributed by atoms with E-state index in [2.05, 4.69) is 0 Å². The second-order valence-corrected chi connectivity index (χ2v) is 7.26. The van der Waals surface area contributed by atoms with Gasteiger partial charge in [0.1, 0.15) is 39.3 Å². The summed E-state index contributed by atoms with van der Waals surface area (Å²) in [6.45, 7) is 3.95. The maximum absolute atomic E-state index is 12.9. The van der Waals surface area contributed by atoms with Gasteiger partial charge in [0.05, 0.1) is 6.42 Å². The minimum atomic E-state index is -0.481. The number of alkyl halides is 1. The highest BCUT2D eigenvalue weighted by Crippen LogP contribution is 2.46. The van der Waals surface area contributed by atoms with Crippen LogP contribution in [0, 0.1) is 0 Å². The number of phenols is 2. The minimum absolute atomic E-state index is 0.0465. The molecule has 0 radical (unpaired) electrons. The Balaban J connectivity index is 2.10. The van der Waals surface area contributed by atoms with Gasteiger partial charge in [-0.3, -0.25) is 4.79 Å². The zero-order valence-electron chi connectivity index (χ0n) is 15.2. The van der Waals surface area contributed by atoms with E-state index in [1.54, 1.807) is 24.3 Å². The minimum Gasteiger partial charge on any atom is -0.508 e. The third-order valence-corrected chi connectivity index (χ3v) is 4.74. The molecule has 1 unspecified atom stereocenters. The van der Waals surface area contributed by atoms with Crippen molar-refractivity contribution in [2.24, 2.45) is 0 Å². The second kappa shape index (κ2) is 8.21. The molecule has 27 heavy (non-hydrogen) atoms. The van der Waals surface area contributed by atoms with Crippen molar-refractivity contribution >= 4 is 28.4 Å². The van der Waals surface area contributed by atoms with E-state index in [9.17, 15) is 15.0 Å². The van der Waals surface area contributed by atoms with Crippen molar-refractivity contribution in [1.29, 1.82) is 0 Å². The number of carbonyl (C=O) groups is 1. The quantitative estimate of drug-likeness (QED) is 0.355. The third-order valence-electron chi connectivity index (χ3n) is 4.42. The second-order valence-electron chi connectivity index (χ2n) is 6.64. The van der Waals surface area contributed by atoms with Crippen molar-refractivity contribution in [2.45, 2.75) is 32.8 Å². The first-order valence-corrected chi connectivity index (χ1v) is 10.1. The molecule has 1 heterocycles. The van der Waals surface area contributed by atoms with Crippen LogP contribution >= 0.6 is 22.6 Å². The van der Waals surface area contributed by atoms with Crippen LogP contribution in [-0.4, -0.2) is 20.6 Å². The Hall–Kier alpha value is -2.22. The molecule has 0 saturated heterocycles. The van der Waals surface area contributed by atoms with Crippen LogP contribution in [0.15, 0.2) is 42.0 Å². The Bertz CT molecular complexity index is 882. The SMILES string of the molecule is CC(C)=CCc1c(O)cc(OCI)c2c1OC(c1ccc(O)cc1)CC2=O. The zero-order valence-corrected chi connectivity index (χ0v) is 17.3. The number of ether oxygens (including phenoxy) is 2. The highest BCUT2D eigenvalue weighted by atomic mass is 127. The number of hydrogen-bond donors (Lipinski definition) is 2. The molecule has 0 saturated carbocycles. The summed E-state index contributed by atoms with van der Waals surface area (Å²) in [5, 5.41) is 20.0. The normalized spacial score (nSPS) is 15.7. The average molecular weight is 480 g/mol. The number of benzene rings is 2. The molecule has 2 N–H and O–H groups in total. The van der Waals surface area contributed by atoms with Crippen LogP contribution < -0.4 is 9.47 Å². The summed E-state index contributed by atoms with van der Waals surface area (Å²) in [5.41, 5.74) is 2.85. The third kappa shape index (κ3) is 4.21. The van der Waals surface area contributed by atoms with Crippen LogP contribution in [0.1, 0.15) is 47.9 Å². The van der Waals surface area contributed by atoms with E-state index in [0.717, 1.165) is 11.1 Å². The lowest BCUT2D eigenvalue weighted by molar-refractivity contribution is 0.0842. The van der Waals surface area contributed by atoms with Gasteiger partial charge in [-0.1, -0.05) is 23.8 Å². The highest BCUT2D eigenvalue weighted by molar-refractivity contribution is 14.1. The Morgan fingerprint density at radius 3 is 2.63 bits per heavy atom. The number of rotatable bonds is 5. The molecule has 2 aromatic rings. The topological polar surface area (TPSA) is 76.0 Å². The van der Waals surface area contributed by atoms with E-state index in [4.69, 9.17) is 9.47 Å². The average Bonchev–Trinajstić information content (AvgIpc) is 2.61. The number of halogens is 1. The number of ketones is 1. The molecule has 3 rings (SSSR count). The van der Waals surface area contributed by atoms with Crippen molar-refractivity contribution in [3.05, 3.63) is 58.7 Å². The van der Waals surface area contributed by atoms with Crippen LogP contribution in [0.25, 0.3) is 0 Å². The van der Waals surface area contributed by atoms with Gasteiger partial charge in [0.2, 0.25) is 0 Å². The molecule has 2 aromatic carbocycles. The molecule has 1 aliphatic rings. The molecule has 1 atom stereocenters. The Morgan fingerprint density at radius 2 is 2.00 bits per heavy atom. The molecule has 0 aromatic heterocycles. The van der Waals surface area contributed by atoms with Gasteiger partial charge in [0.25, 0.3) is 0 Å². The maximum Gasteiger partial charge on any atom is 0.174 e. The van der Waals surface area contributed by atoms with E-state index in [-0.39, 0.29) is 23.7 Å². The first kappa shape index (κ1) is 19.5. The fraction of sp³-hybridized carbons (Fsp3) is 0.286. The fourth-order valence-corrected chi connectivity index (χ4v) is 3.40. The van der Waals surface area contributed by atoms with Gasteiger partial charge in [-0.15, -0.1) is 0 Å². The Morgan fingerprint density at radius 1 is 1.30 bits per heavy atom. The largest absolute Gasteiger partial charge is 0.508 e. The summed E-state index contributed by atoms with van der Waals surface area (Å²) in [4.78, 5) is 12.9. The number of aromatic hydroxyl groups is 2. The number of hydrogen-bond acceptors (Lipinski definition) is 5. The Kier molecular flexibility index (Phi) is 5.94. The monoisotopic (exact) mass is 480 g/mol. The van der Waals surface area contributed by atoms with Crippen molar-refractivity contribution in [2.75, 3.05) is 4.61 Å². The van der Waals surface area contributed by atoms with E-state index in [1.165, 1.54) is 6.07 Å². The molecule has 0 aliphatic carbocycles. The molecular weight excluding hydrogens is 459 g/mol. The van der Waals surface area contributed by atoms with Crippen LogP contribution in [0.5, 0.6) is 23.0 Å². The fourth-order valence-electron chi connectivity index (χ4n) is 3.06. The van der Waals surface area contributed by atoms with Gasteiger partial charge < -0.3 is 19.7 Å². The van der Waals surface area contributed by atoms with Gasteiger partial charge in [-0.2, -0.15) is 0 Å². The maximum atomic E-state index is 12.9. The standard InChI is InChI=1S/C21H21IO5/c1-12(2)3-8-15-16(24)9-19(26-11-22)20-17(25)10-18(27-21(15)20)13-4-6-14(23)7-5-13/h3-7,9,18,23-24H,8,10-11H2,1-2H3. The predicted molar refractivity (Wildman–Crippen MR) is 111 cm³/mol. The van der Waals surface area contributed by atoms with Crippen molar-refractivity contribution < 1.29 is 24.5 Å². The number of fused-ring (bicyclic) bond motifs is 1. The smallest absolute Gasteiger partial charge is 0.174 e. The lowest BCUT2D eigenvalue weighted by Crippen LogP contribution is -2.22. The molecular formula is C21H21IO5. The molecule has 0 spiro atoms. The van der Waals surface area contributed by atoms with E-state index in [1.807, 2.05) is 42.5 Å². The van der Waals surface area contributed by atoms with Crippen LogP contribution in [0.2, 0.25) is 0 Å². The van der Waals surface area contributed by atoms with Gasteiger partial charge in [-0.25, -0.2) is 0 Å². The van der Waals surface area contributed by atoms with Crippen LogP contribution in [0.3, 0.4) is 0 Å². The highest BCUT2D eigenvalue weighted by Gasteiger charge is 2.34. The number of carbonyl (C=O) groups excluding carboxylic acids is 1. The van der Waals surface area contributed by atoms with Crippen molar-refractivity contribution in [3.8, 4) is 23.0 Å². The van der Waals surface area contributed by atoms with Crippen LogP contribution in [-0.2, 0) is 6.42 Å². The van der Waals surface area contributed by atoms with Crippen molar-refractivity contribution in [3.63, 3.8) is 0 Å². The summed E-state index contributed by atoms with van der Waals surface area (Å²) in [7, 11) is 0. The van der Waals surface area contributed by atoms with Crippen molar-refractivity contribution in [1.82, 2.24) is 0 Å². The summed E-state index contributed by atoms with van der Waals surface area (Å²) in [6, 6.07) is 8.09. The lowest BCUT2D eigenvalue weighted by atomic mass is 9.92. The van der Waals surface area contributed by atoms with Gasteiger partial charge in [0, 0.05) is 11.6 Å². The first-order valence-electron chi connectivity index (χ1n) is 8.60. The van der Waals surface area contributed by atoms with Gasteiger partial charge in [-0.05, 0) is 60.6 Å². The van der Waals surface area contributed by atoms with Crippen LogP contribution in [0.4, 0.5) is 0 Å². The lowest BCUT2D eigenvalue weighted by Gasteiger charge is -2.29.